The molecule has 3 aromatic rings. The van der Waals surface area contributed by atoms with Crippen LogP contribution in [0.4, 0.5) is 5.69 Å². The van der Waals surface area contributed by atoms with E-state index < -0.39 is 5.97 Å². The van der Waals surface area contributed by atoms with E-state index in [1.807, 2.05) is 41.8 Å². The predicted octanol–water partition coefficient (Wildman–Crippen LogP) is 4.07. The zero-order valence-electron chi connectivity index (χ0n) is 13.3. The van der Waals surface area contributed by atoms with Crippen molar-refractivity contribution in [2.24, 2.45) is 0 Å². The summed E-state index contributed by atoms with van der Waals surface area (Å²) >= 11 is 1.49. The van der Waals surface area contributed by atoms with E-state index in [0.717, 1.165) is 22.8 Å². The highest BCUT2D eigenvalue weighted by Gasteiger charge is 2.12. The monoisotopic (exact) mass is 338 g/mol. The van der Waals surface area contributed by atoms with Gasteiger partial charge in [-0.3, -0.25) is 4.79 Å². The topological polar surface area (TPSA) is 53.4 Å². The van der Waals surface area contributed by atoms with Crippen LogP contribution in [0.25, 0.3) is 10.6 Å². The summed E-state index contributed by atoms with van der Waals surface area (Å²) in [5.74, 6) is -0.857. The first kappa shape index (κ1) is 16.2. The summed E-state index contributed by atoms with van der Waals surface area (Å²) in [6.45, 7) is 0.758. The van der Waals surface area contributed by atoms with Crippen molar-refractivity contribution in [2.45, 2.75) is 13.0 Å². The van der Waals surface area contributed by atoms with Crippen molar-refractivity contribution >= 4 is 23.0 Å². The molecule has 1 N–H and O–H groups in total. The second-order valence-corrected chi connectivity index (χ2v) is 6.42. The molecule has 4 nitrogen and oxygen atoms in total. The lowest BCUT2D eigenvalue weighted by Gasteiger charge is -2.20. The van der Waals surface area contributed by atoms with Gasteiger partial charge in [0.05, 0.1) is 12.1 Å². The molecular formula is C19H18N2O2S. The number of hydrogen-bond donors (Lipinski definition) is 1. The third kappa shape index (κ3) is 3.81. The fraction of sp³-hybridized carbons (Fsp3) is 0.158. The van der Waals surface area contributed by atoms with E-state index in [2.05, 4.69) is 35.1 Å². The Morgan fingerprint density at radius 3 is 2.58 bits per heavy atom. The molecule has 3 rings (SSSR count). The molecule has 0 aliphatic rings. The van der Waals surface area contributed by atoms with Gasteiger partial charge >= 0.3 is 5.97 Å². The summed E-state index contributed by atoms with van der Waals surface area (Å²) in [5.41, 5.74) is 3.98. The first-order valence-electron chi connectivity index (χ1n) is 7.64. The average Bonchev–Trinajstić information content (AvgIpc) is 3.03. The quantitative estimate of drug-likeness (QED) is 0.736. The molecule has 0 amide bonds. The fourth-order valence-electron chi connectivity index (χ4n) is 2.56. The van der Waals surface area contributed by atoms with E-state index in [4.69, 9.17) is 5.11 Å². The molecule has 2 aromatic carbocycles. The van der Waals surface area contributed by atoms with Gasteiger partial charge in [0.25, 0.3) is 0 Å². The molecule has 5 heteroatoms. The minimum atomic E-state index is -0.857. The number of aromatic nitrogens is 1. The van der Waals surface area contributed by atoms with E-state index >= 15 is 0 Å². The molecule has 0 saturated heterocycles. The van der Waals surface area contributed by atoms with Crippen LogP contribution in [0.5, 0.6) is 0 Å². The summed E-state index contributed by atoms with van der Waals surface area (Å²) in [5, 5.41) is 11.6. The Labute approximate surface area is 145 Å². The summed E-state index contributed by atoms with van der Waals surface area (Å²) in [4.78, 5) is 17.5. The zero-order chi connectivity index (χ0) is 16.9. The van der Waals surface area contributed by atoms with Gasteiger partial charge in [-0.05, 0) is 17.7 Å². The molecule has 0 aliphatic carbocycles. The minimum Gasteiger partial charge on any atom is -0.481 e. The number of rotatable bonds is 6. The summed E-state index contributed by atoms with van der Waals surface area (Å²) in [6, 6.07) is 18.3. The zero-order valence-corrected chi connectivity index (χ0v) is 14.2. The Kier molecular flexibility index (Phi) is 4.91. The van der Waals surface area contributed by atoms with Crippen molar-refractivity contribution in [1.82, 2.24) is 4.98 Å². The SMILES string of the molecule is CN(Cc1ccccc1-c1nc(CC(=O)O)cs1)c1ccccc1. The normalized spacial score (nSPS) is 10.5. The van der Waals surface area contributed by atoms with Gasteiger partial charge in [0.2, 0.25) is 0 Å². The van der Waals surface area contributed by atoms with Crippen LogP contribution in [-0.4, -0.2) is 23.1 Å². The Morgan fingerprint density at radius 1 is 1.12 bits per heavy atom. The number of para-hydroxylation sites is 1. The van der Waals surface area contributed by atoms with Crippen molar-refractivity contribution in [3.63, 3.8) is 0 Å². The molecule has 24 heavy (non-hydrogen) atoms. The highest BCUT2D eigenvalue weighted by molar-refractivity contribution is 7.13. The van der Waals surface area contributed by atoms with Gasteiger partial charge in [0, 0.05) is 30.2 Å². The lowest BCUT2D eigenvalue weighted by Crippen LogP contribution is -2.16. The van der Waals surface area contributed by atoms with Gasteiger partial charge in [0.1, 0.15) is 5.01 Å². The van der Waals surface area contributed by atoms with Crippen LogP contribution in [-0.2, 0) is 17.8 Å². The summed E-state index contributed by atoms with van der Waals surface area (Å²) in [6.07, 6.45) is -0.0391. The number of carbonyl (C=O) groups is 1. The molecule has 0 saturated carbocycles. The van der Waals surface area contributed by atoms with Crippen molar-refractivity contribution in [3.05, 3.63) is 71.2 Å². The van der Waals surface area contributed by atoms with Gasteiger partial charge in [-0.25, -0.2) is 4.98 Å². The molecule has 0 aliphatic heterocycles. The Bertz CT molecular complexity index is 830. The molecule has 0 spiro atoms. The predicted molar refractivity (Wildman–Crippen MR) is 97.4 cm³/mol. The maximum absolute atomic E-state index is 10.8. The van der Waals surface area contributed by atoms with Crippen LogP contribution in [0.2, 0.25) is 0 Å². The lowest BCUT2D eigenvalue weighted by atomic mass is 10.1. The van der Waals surface area contributed by atoms with E-state index in [0.29, 0.717) is 5.69 Å². The van der Waals surface area contributed by atoms with Crippen molar-refractivity contribution in [3.8, 4) is 10.6 Å². The average molecular weight is 338 g/mol. The second-order valence-electron chi connectivity index (χ2n) is 5.56. The number of thiazole rings is 1. The smallest absolute Gasteiger partial charge is 0.309 e. The van der Waals surface area contributed by atoms with Crippen molar-refractivity contribution < 1.29 is 9.90 Å². The standard InChI is InChI=1S/C19H18N2O2S/c1-21(16-8-3-2-4-9-16)12-14-7-5-6-10-17(14)19-20-15(13-24-19)11-18(22)23/h2-10,13H,11-12H2,1H3,(H,22,23). The molecule has 1 aromatic heterocycles. The Balaban J connectivity index is 1.85. The molecule has 0 atom stereocenters. The number of aliphatic carboxylic acids is 1. The summed E-state index contributed by atoms with van der Waals surface area (Å²) in [7, 11) is 2.06. The molecule has 122 valence electrons. The van der Waals surface area contributed by atoms with Gasteiger partial charge in [-0.2, -0.15) is 0 Å². The Hall–Kier alpha value is -2.66. The number of hydrogen-bond acceptors (Lipinski definition) is 4. The van der Waals surface area contributed by atoms with Crippen LogP contribution in [0.3, 0.4) is 0 Å². The van der Waals surface area contributed by atoms with E-state index in [1.54, 1.807) is 0 Å². The highest BCUT2D eigenvalue weighted by Crippen LogP contribution is 2.29. The third-order valence-electron chi connectivity index (χ3n) is 3.74. The molecule has 0 unspecified atom stereocenters. The van der Waals surface area contributed by atoms with Crippen LogP contribution >= 0.6 is 11.3 Å². The van der Waals surface area contributed by atoms with Gasteiger partial charge in [-0.15, -0.1) is 11.3 Å². The summed E-state index contributed by atoms with van der Waals surface area (Å²) < 4.78 is 0. The molecule has 0 radical (unpaired) electrons. The first-order valence-corrected chi connectivity index (χ1v) is 8.52. The van der Waals surface area contributed by atoms with Crippen LogP contribution < -0.4 is 4.90 Å². The third-order valence-corrected chi connectivity index (χ3v) is 4.66. The number of benzene rings is 2. The number of carboxylic acids is 1. The number of carboxylic acid groups (broad SMARTS) is 1. The molecular weight excluding hydrogens is 320 g/mol. The number of anilines is 1. The molecule has 0 fully saturated rings. The first-order chi connectivity index (χ1) is 11.6. The number of nitrogens with zero attached hydrogens (tertiary/aromatic N) is 2. The van der Waals surface area contributed by atoms with Crippen molar-refractivity contribution in [2.75, 3.05) is 11.9 Å². The largest absolute Gasteiger partial charge is 0.481 e. The molecule has 1 heterocycles. The lowest BCUT2D eigenvalue weighted by molar-refractivity contribution is -0.136. The van der Waals surface area contributed by atoms with Gasteiger partial charge < -0.3 is 10.0 Å². The van der Waals surface area contributed by atoms with Gasteiger partial charge in [-0.1, -0.05) is 42.5 Å². The van der Waals surface area contributed by atoms with Crippen LogP contribution in [0.15, 0.2) is 60.0 Å². The fourth-order valence-corrected chi connectivity index (χ4v) is 3.44. The van der Waals surface area contributed by atoms with E-state index in [9.17, 15) is 4.79 Å². The van der Waals surface area contributed by atoms with Crippen LogP contribution in [0.1, 0.15) is 11.3 Å². The maximum atomic E-state index is 10.8. The Morgan fingerprint density at radius 2 is 1.83 bits per heavy atom. The van der Waals surface area contributed by atoms with E-state index in [-0.39, 0.29) is 6.42 Å². The van der Waals surface area contributed by atoms with Crippen LogP contribution in [0, 0.1) is 0 Å². The van der Waals surface area contributed by atoms with Gasteiger partial charge in [0.15, 0.2) is 0 Å². The minimum absolute atomic E-state index is 0.0391. The second kappa shape index (κ2) is 7.27. The maximum Gasteiger partial charge on any atom is 0.309 e. The van der Waals surface area contributed by atoms with Crippen molar-refractivity contribution in [1.29, 1.82) is 0 Å². The molecule has 0 bridgehead atoms. The van der Waals surface area contributed by atoms with E-state index in [1.165, 1.54) is 16.9 Å². The highest BCUT2D eigenvalue weighted by atomic mass is 32.1.